The fraction of sp³-hybridized carbons (Fsp3) is 0.300. The molecule has 1 fully saturated rings. The Morgan fingerprint density at radius 2 is 2.18 bits per heavy atom. The number of carbonyl (C=O) groups excluding carboxylic acids is 2. The Kier molecular flexibility index (Phi) is 4.68. The van der Waals surface area contributed by atoms with Gasteiger partial charge in [-0.05, 0) is 24.3 Å². The molecule has 28 heavy (non-hydrogen) atoms. The van der Waals surface area contributed by atoms with Gasteiger partial charge in [-0.15, -0.1) is 0 Å². The maximum absolute atomic E-state index is 12.0. The number of pyridine rings is 1. The van der Waals surface area contributed by atoms with E-state index in [2.05, 4.69) is 10.3 Å². The van der Waals surface area contributed by atoms with E-state index in [1.165, 1.54) is 7.11 Å². The monoisotopic (exact) mass is 380 g/mol. The number of nitrogens with one attached hydrogen (secondary N) is 1. The smallest absolute Gasteiger partial charge is 0.338 e. The summed E-state index contributed by atoms with van der Waals surface area (Å²) in [5.41, 5.74) is 2.44. The Bertz CT molecular complexity index is 1050. The SMILES string of the molecule is COC(=O)c1cc(OC)c2c(c1)nc(-c1ccccn1)n2CC1CNC(=O)C1. The van der Waals surface area contributed by atoms with Gasteiger partial charge in [-0.25, -0.2) is 9.78 Å². The molecule has 8 heteroatoms. The van der Waals surface area contributed by atoms with E-state index in [1.54, 1.807) is 25.4 Å². The van der Waals surface area contributed by atoms with Gasteiger partial charge in [-0.2, -0.15) is 0 Å². The predicted molar refractivity (Wildman–Crippen MR) is 102 cm³/mol. The van der Waals surface area contributed by atoms with Gasteiger partial charge in [0.25, 0.3) is 0 Å². The van der Waals surface area contributed by atoms with Crippen molar-refractivity contribution in [2.75, 3.05) is 20.8 Å². The van der Waals surface area contributed by atoms with E-state index in [1.807, 2.05) is 22.8 Å². The number of methoxy groups -OCH3 is 2. The quantitative estimate of drug-likeness (QED) is 0.681. The van der Waals surface area contributed by atoms with Crippen LogP contribution < -0.4 is 10.1 Å². The molecule has 3 aromatic rings. The van der Waals surface area contributed by atoms with Gasteiger partial charge in [-0.3, -0.25) is 9.78 Å². The van der Waals surface area contributed by atoms with Gasteiger partial charge in [-0.1, -0.05) is 6.07 Å². The van der Waals surface area contributed by atoms with Crippen LogP contribution in [-0.2, 0) is 16.1 Å². The number of esters is 1. The van der Waals surface area contributed by atoms with Crippen molar-refractivity contribution in [1.29, 1.82) is 0 Å². The summed E-state index contributed by atoms with van der Waals surface area (Å²) in [4.78, 5) is 32.8. The van der Waals surface area contributed by atoms with Crippen molar-refractivity contribution in [2.24, 2.45) is 5.92 Å². The van der Waals surface area contributed by atoms with Crippen LogP contribution in [0.4, 0.5) is 0 Å². The van der Waals surface area contributed by atoms with Crippen LogP contribution in [0.3, 0.4) is 0 Å². The minimum Gasteiger partial charge on any atom is -0.494 e. The maximum Gasteiger partial charge on any atom is 0.338 e. The summed E-state index contributed by atoms with van der Waals surface area (Å²) in [7, 11) is 2.88. The Labute approximate surface area is 161 Å². The highest BCUT2D eigenvalue weighted by Crippen LogP contribution is 2.33. The van der Waals surface area contributed by atoms with E-state index in [9.17, 15) is 9.59 Å². The van der Waals surface area contributed by atoms with Crippen LogP contribution in [0, 0.1) is 5.92 Å². The third kappa shape index (κ3) is 3.17. The van der Waals surface area contributed by atoms with Crippen molar-refractivity contribution in [3.63, 3.8) is 0 Å². The Morgan fingerprint density at radius 3 is 2.82 bits per heavy atom. The molecule has 1 aromatic carbocycles. The lowest BCUT2D eigenvalue weighted by Crippen LogP contribution is -2.16. The second kappa shape index (κ2) is 7.30. The number of nitrogens with zero attached hydrogens (tertiary/aromatic N) is 3. The molecule has 0 spiro atoms. The molecule has 1 unspecified atom stereocenters. The zero-order valence-corrected chi connectivity index (χ0v) is 15.6. The number of benzene rings is 1. The normalized spacial score (nSPS) is 16.2. The summed E-state index contributed by atoms with van der Waals surface area (Å²) in [6, 6.07) is 8.94. The molecule has 1 aliphatic heterocycles. The second-order valence-electron chi connectivity index (χ2n) is 6.67. The minimum absolute atomic E-state index is 0.0498. The highest BCUT2D eigenvalue weighted by atomic mass is 16.5. The summed E-state index contributed by atoms with van der Waals surface area (Å²) < 4.78 is 12.4. The molecule has 0 bridgehead atoms. The number of hydrogen-bond donors (Lipinski definition) is 1. The lowest BCUT2D eigenvalue weighted by atomic mass is 10.1. The topological polar surface area (TPSA) is 95.3 Å². The zero-order valence-electron chi connectivity index (χ0n) is 15.6. The average Bonchev–Trinajstić information content (AvgIpc) is 3.31. The summed E-state index contributed by atoms with van der Waals surface area (Å²) >= 11 is 0. The van der Waals surface area contributed by atoms with E-state index in [0.717, 1.165) is 5.52 Å². The Morgan fingerprint density at radius 1 is 1.32 bits per heavy atom. The third-order valence-electron chi connectivity index (χ3n) is 4.84. The fourth-order valence-electron chi connectivity index (χ4n) is 3.54. The number of imidazole rings is 1. The first-order valence-corrected chi connectivity index (χ1v) is 8.95. The molecule has 0 saturated carbocycles. The molecule has 3 heterocycles. The second-order valence-corrected chi connectivity index (χ2v) is 6.67. The van der Waals surface area contributed by atoms with Crippen molar-refractivity contribution >= 4 is 22.9 Å². The molecule has 4 rings (SSSR count). The number of aromatic nitrogens is 3. The van der Waals surface area contributed by atoms with Gasteiger partial charge in [0.2, 0.25) is 5.91 Å². The number of carbonyl (C=O) groups is 2. The van der Waals surface area contributed by atoms with Gasteiger partial charge in [0, 0.05) is 31.6 Å². The summed E-state index contributed by atoms with van der Waals surface area (Å²) in [6.45, 7) is 1.19. The zero-order chi connectivity index (χ0) is 19.7. The van der Waals surface area contributed by atoms with Crippen molar-refractivity contribution in [3.8, 4) is 17.3 Å². The molecule has 0 radical (unpaired) electrons. The highest BCUT2D eigenvalue weighted by molar-refractivity contribution is 5.97. The number of rotatable bonds is 5. The number of amides is 1. The highest BCUT2D eigenvalue weighted by Gasteiger charge is 2.26. The molecular weight excluding hydrogens is 360 g/mol. The van der Waals surface area contributed by atoms with Crippen LogP contribution in [-0.4, -0.2) is 47.2 Å². The molecule has 1 N–H and O–H groups in total. The minimum atomic E-state index is -0.459. The first-order valence-electron chi connectivity index (χ1n) is 8.95. The molecule has 144 valence electrons. The number of ether oxygens (including phenoxy) is 2. The van der Waals surface area contributed by atoms with E-state index >= 15 is 0 Å². The molecule has 8 nitrogen and oxygen atoms in total. The largest absolute Gasteiger partial charge is 0.494 e. The molecule has 2 aromatic heterocycles. The Balaban J connectivity index is 1.91. The van der Waals surface area contributed by atoms with Gasteiger partial charge in [0.05, 0.1) is 25.3 Å². The molecule has 1 saturated heterocycles. The first-order chi connectivity index (χ1) is 13.6. The predicted octanol–water partition coefficient (Wildman–Crippen LogP) is 2.03. The van der Waals surface area contributed by atoms with Gasteiger partial charge in [0.15, 0.2) is 5.82 Å². The van der Waals surface area contributed by atoms with Crippen LogP contribution in [0.15, 0.2) is 36.5 Å². The van der Waals surface area contributed by atoms with Crippen LogP contribution in [0.5, 0.6) is 5.75 Å². The van der Waals surface area contributed by atoms with E-state index < -0.39 is 5.97 Å². The van der Waals surface area contributed by atoms with E-state index in [0.29, 0.717) is 47.9 Å². The fourth-order valence-corrected chi connectivity index (χ4v) is 3.54. The average molecular weight is 380 g/mol. The molecule has 1 aliphatic rings. The van der Waals surface area contributed by atoms with Crippen molar-refractivity contribution in [1.82, 2.24) is 19.9 Å². The molecule has 0 aliphatic carbocycles. The Hall–Kier alpha value is -3.42. The molecule has 1 amide bonds. The van der Waals surface area contributed by atoms with Gasteiger partial charge >= 0.3 is 5.97 Å². The number of fused-ring (bicyclic) bond motifs is 1. The van der Waals surface area contributed by atoms with Crippen LogP contribution >= 0.6 is 0 Å². The molecular formula is C20H20N4O4. The summed E-state index contributed by atoms with van der Waals surface area (Å²) in [5.74, 6) is 0.908. The van der Waals surface area contributed by atoms with Crippen LogP contribution in [0.1, 0.15) is 16.8 Å². The van der Waals surface area contributed by atoms with E-state index in [-0.39, 0.29) is 11.8 Å². The summed E-state index contributed by atoms with van der Waals surface area (Å²) in [6.07, 6.45) is 2.17. The summed E-state index contributed by atoms with van der Waals surface area (Å²) in [5, 5.41) is 2.87. The maximum atomic E-state index is 12.0. The standard InChI is InChI=1S/C20H20N4O4/c1-27-16-9-13(20(26)28-2)8-15-18(16)24(11-12-7-17(25)22-10-12)19(23-15)14-5-3-4-6-21-14/h3-6,8-9,12H,7,10-11H2,1-2H3,(H,22,25). The van der Waals surface area contributed by atoms with Gasteiger partial charge in [0.1, 0.15) is 17.0 Å². The van der Waals surface area contributed by atoms with Gasteiger partial charge < -0.3 is 19.4 Å². The van der Waals surface area contributed by atoms with Crippen molar-refractivity contribution in [3.05, 3.63) is 42.1 Å². The van der Waals surface area contributed by atoms with Crippen molar-refractivity contribution in [2.45, 2.75) is 13.0 Å². The first kappa shape index (κ1) is 18.0. The lowest BCUT2D eigenvalue weighted by Gasteiger charge is -2.14. The van der Waals surface area contributed by atoms with Crippen molar-refractivity contribution < 1.29 is 19.1 Å². The van der Waals surface area contributed by atoms with Crippen LogP contribution in [0.2, 0.25) is 0 Å². The molecule has 1 atom stereocenters. The third-order valence-corrected chi connectivity index (χ3v) is 4.84. The van der Waals surface area contributed by atoms with Crippen LogP contribution in [0.25, 0.3) is 22.6 Å². The van der Waals surface area contributed by atoms with E-state index in [4.69, 9.17) is 14.5 Å². The number of hydrogen-bond acceptors (Lipinski definition) is 6. The lowest BCUT2D eigenvalue weighted by molar-refractivity contribution is -0.119.